The Hall–Kier alpha value is -3.80. The number of para-hydroxylation sites is 2. The van der Waals surface area contributed by atoms with E-state index in [1.54, 1.807) is 7.11 Å². The molecule has 3 aromatic carbocycles. The van der Waals surface area contributed by atoms with Crippen molar-refractivity contribution in [1.29, 1.82) is 0 Å². The first kappa shape index (κ1) is 20.5. The van der Waals surface area contributed by atoms with Crippen LogP contribution in [0.15, 0.2) is 77.9 Å². The summed E-state index contributed by atoms with van der Waals surface area (Å²) in [5.41, 5.74) is 6.37. The van der Waals surface area contributed by atoms with Crippen molar-refractivity contribution in [3.05, 3.63) is 78.6 Å². The SMILES string of the molecule is COc1ccc(Nc2ccc(N(C)/N=C(\C)c3n(C)c4ccccc4[n+]3C)cc2)cc1. The number of hydrogen-bond acceptors (Lipinski definition) is 4. The summed E-state index contributed by atoms with van der Waals surface area (Å²) >= 11 is 0. The van der Waals surface area contributed by atoms with E-state index in [1.165, 1.54) is 11.0 Å². The lowest BCUT2D eigenvalue weighted by molar-refractivity contribution is -0.647. The van der Waals surface area contributed by atoms with Crippen molar-refractivity contribution in [3.63, 3.8) is 0 Å². The van der Waals surface area contributed by atoms with Crippen LogP contribution in [0.5, 0.6) is 5.75 Å². The number of nitrogens with zero attached hydrogens (tertiary/aromatic N) is 4. The molecule has 1 N–H and O–H groups in total. The topological polar surface area (TPSA) is 45.7 Å². The largest absolute Gasteiger partial charge is 0.497 e. The fraction of sp³-hybridized carbons (Fsp3) is 0.200. The van der Waals surface area contributed by atoms with Gasteiger partial charge in [-0.15, -0.1) is 0 Å². The third-order valence-electron chi connectivity index (χ3n) is 5.48. The van der Waals surface area contributed by atoms with E-state index in [-0.39, 0.29) is 0 Å². The average molecular weight is 415 g/mol. The van der Waals surface area contributed by atoms with Crippen LogP contribution in [0.3, 0.4) is 0 Å². The van der Waals surface area contributed by atoms with Gasteiger partial charge in [-0.1, -0.05) is 12.1 Å². The molecule has 4 rings (SSSR count). The molecule has 1 aromatic heterocycles. The highest BCUT2D eigenvalue weighted by atomic mass is 16.5. The number of fused-ring (bicyclic) bond motifs is 1. The summed E-state index contributed by atoms with van der Waals surface area (Å²) in [7, 11) is 7.80. The number of rotatable bonds is 6. The van der Waals surface area contributed by atoms with Crippen molar-refractivity contribution in [3.8, 4) is 5.75 Å². The van der Waals surface area contributed by atoms with Crippen molar-refractivity contribution in [2.24, 2.45) is 19.2 Å². The highest BCUT2D eigenvalue weighted by Gasteiger charge is 2.22. The smallest absolute Gasteiger partial charge is 0.305 e. The molecular weight excluding hydrogens is 386 g/mol. The molecule has 0 aliphatic carbocycles. The molecule has 0 saturated heterocycles. The second kappa shape index (κ2) is 8.52. The standard InChI is InChI=1S/C25H28N5O/c1-18(25-28(2)23-8-6-7-9-24(23)29(25)3)27-30(4)21-14-10-19(11-15-21)26-20-12-16-22(31-5)17-13-20/h6-17,26H,1-5H3/q+1. The quantitative estimate of drug-likeness (QED) is 0.285. The molecule has 0 bridgehead atoms. The van der Waals surface area contributed by atoms with Gasteiger partial charge in [0.25, 0.3) is 0 Å². The third-order valence-corrected chi connectivity index (χ3v) is 5.48. The number of aryl methyl sites for hydroxylation is 2. The third kappa shape index (κ3) is 4.10. The van der Waals surface area contributed by atoms with Crippen LogP contribution in [0.2, 0.25) is 0 Å². The Balaban J connectivity index is 1.53. The van der Waals surface area contributed by atoms with E-state index in [0.717, 1.165) is 34.3 Å². The predicted molar refractivity (Wildman–Crippen MR) is 127 cm³/mol. The lowest BCUT2D eigenvalue weighted by Crippen LogP contribution is -2.36. The zero-order valence-corrected chi connectivity index (χ0v) is 18.6. The number of methoxy groups -OCH3 is 1. The maximum atomic E-state index is 5.21. The molecule has 0 aliphatic heterocycles. The first-order chi connectivity index (χ1) is 15.0. The van der Waals surface area contributed by atoms with Crippen LogP contribution >= 0.6 is 0 Å². The molecule has 6 nitrogen and oxygen atoms in total. The molecule has 0 unspecified atom stereocenters. The van der Waals surface area contributed by atoms with E-state index in [4.69, 9.17) is 9.84 Å². The van der Waals surface area contributed by atoms with Crippen LogP contribution < -0.4 is 19.6 Å². The van der Waals surface area contributed by atoms with E-state index in [1.807, 2.05) is 43.2 Å². The van der Waals surface area contributed by atoms with Gasteiger partial charge in [-0.05, 0) is 67.6 Å². The van der Waals surface area contributed by atoms with Gasteiger partial charge in [0.05, 0.1) is 26.9 Å². The molecule has 0 radical (unpaired) electrons. The first-order valence-electron chi connectivity index (χ1n) is 10.2. The molecular formula is C25H28N5O+. The molecule has 4 aromatic rings. The summed E-state index contributed by atoms with van der Waals surface area (Å²) < 4.78 is 9.58. The van der Waals surface area contributed by atoms with Gasteiger partial charge in [0.15, 0.2) is 11.0 Å². The molecule has 31 heavy (non-hydrogen) atoms. The van der Waals surface area contributed by atoms with Gasteiger partial charge >= 0.3 is 5.82 Å². The number of anilines is 3. The second-order valence-corrected chi connectivity index (χ2v) is 7.54. The second-order valence-electron chi connectivity index (χ2n) is 7.54. The lowest BCUT2D eigenvalue weighted by atomic mass is 10.2. The number of benzene rings is 3. The summed E-state index contributed by atoms with van der Waals surface area (Å²) in [6.45, 7) is 2.05. The first-order valence-corrected chi connectivity index (χ1v) is 10.2. The molecule has 0 spiro atoms. The Kier molecular flexibility index (Phi) is 5.62. The Labute approximate surface area is 183 Å². The van der Waals surface area contributed by atoms with Crippen molar-refractivity contribution >= 4 is 33.8 Å². The molecule has 0 aliphatic rings. The van der Waals surface area contributed by atoms with Crippen molar-refractivity contribution in [2.45, 2.75) is 6.92 Å². The minimum atomic E-state index is 0.843. The summed E-state index contributed by atoms with van der Waals surface area (Å²) in [5.74, 6) is 1.92. The maximum Gasteiger partial charge on any atom is 0.305 e. The van der Waals surface area contributed by atoms with Crippen LogP contribution in [-0.4, -0.2) is 24.4 Å². The minimum Gasteiger partial charge on any atom is -0.497 e. The van der Waals surface area contributed by atoms with Crippen LogP contribution in [0.25, 0.3) is 11.0 Å². The van der Waals surface area contributed by atoms with Crippen LogP contribution in [0, 0.1) is 0 Å². The number of aromatic nitrogens is 2. The van der Waals surface area contributed by atoms with E-state index in [0.29, 0.717) is 0 Å². The van der Waals surface area contributed by atoms with Gasteiger partial charge in [-0.3, -0.25) is 5.01 Å². The number of nitrogens with one attached hydrogen (secondary N) is 1. The molecule has 6 heteroatoms. The minimum absolute atomic E-state index is 0.843. The van der Waals surface area contributed by atoms with Crippen LogP contribution in [0.4, 0.5) is 17.1 Å². The van der Waals surface area contributed by atoms with Crippen LogP contribution in [-0.2, 0) is 14.1 Å². The fourth-order valence-electron chi connectivity index (χ4n) is 3.90. The normalized spacial score (nSPS) is 11.6. The Morgan fingerprint density at radius 3 is 2.19 bits per heavy atom. The Morgan fingerprint density at radius 1 is 0.968 bits per heavy atom. The molecule has 1 heterocycles. The van der Waals surface area contributed by atoms with Crippen LogP contribution in [0.1, 0.15) is 12.7 Å². The Bertz CT molecular complexity index is 1180. The van der Waals surface area contributed by atoms with Gasteiger partial charge in [-0.25, -0.2) is 9.13 Å². The van der Waals surface area contributed by atoms with Gasteiger partial charge in [-0.2, -0.15) is 5.10 Å². The number of ether oxygens (including phenoxy) is 1. The van der Waals surface area contributed by atoms with Crippen molar-refractivity contribution < 1.29 is 9.30 Å². The molecule has 158 valence electrons. The van der Waals surface area contributed by atoms with E-state index in [9.17, 15) is 0 Å². The zero-order valence-electron chi connectivity index (χ0n) is 18.6. The molecule has 0 atom stereocenters. The summed E-state index contributed by atoms with van der Waals surface area (Å²) in [6, 6.07) is 24.5. The van der Waals surface area contributed by atoms with Gasteiger partial charge < -0.3 is 10.1 Å². The predicted octanol–water partition coefficient (Wildman–Crippen LogP) is 4.62. The van der Waals surface area contributed by atoms with E-state index >= 15 is 0 Å². The highest BCUT2D eigenvalue weighted by Crippen LogP contribution is 2.23. The summed E-state index contributed by atoms with van der Waals surface area (Å²) in [4.78, 5) is 0. The van der Waals surface area contributed by atoms with Gasteiger partial charge in [0, 0.05) is 18.4 Å². The lowest BCUT2D eigenvalue weighted by Gasteiger charge is -2.15. The highest BCUT2D eigenvalue weighted by molar-refractivity contribution is 5.97. The number of imidazole rings is 1. The monoisotopic (exact) mass is 414 g/mol. The molecule has 0 amide bonds. The average Bonchev–Trinajstić information content (AvgIpc) is 3.05. The molecule has 0 saturated carbocycles. The van der Waals surface area contributed by atoms with Crippen molar-refractivity contribution in [1.82, 2.24) is 4.57 Å². The number of hydrogen-bond donors (Lipinski definition) is 1. The van der Waals surface area contributed by atoms with E-state index in [2.05, 4.69) is 77.1 Å². The Morgan fingerprint density at radius 2 is 1.58 bits per heavy atom. The van der Waals surface area contributed by atoms with E-state index < -0.39 is 0 Å². The van der Waals surface area contributed by atoms with Crippen molar-refractivity contribution in [2.75, 3.05) is 24.5 Å². The summed E-state index contributed by atoms with van der Waals surface area (Å²) in [5, 5.41) is 10.1. The van der Waals surface area contributed by atoms with Gasteiger partial charge in [0.1, 0.15) is 11.5 Å². The van der Waals surface area contributed by atoms with Gasteiger partial charge in [0.2, 0.25) is 0 Å². The summed E-state index contributed by atoms with van der Waals surface area (Å²) in [6.07, 6.45) is 0. The number of hydrazone groups is 1. The molecule has 0 fully saturated rings. The fourth-order valence-corrected chi connectivity index (χ4v) is 3.90. The maximum absolute atomic E-state index is 5.21. The zero-order chi connectivity index (χ0) is 22.0.